The molecule has 1 fully saturated rings. The van der Waals surface area contributed by atoms with Gasteiger partial charge in [0.25, 0.3) is 0 Å². The molecule has 5 heteroatoms. The van der Waals surface area contributed by atoms with Crippen molar-refractivity contribution in [3.63, 3.8) is 0 Å². The first kappa shape index (κ1) is 18.5. The molecule has 1 heterocycles. The topological polar surface area (TPSA) is 75.4 Å². The average molecular weight is 331 g/mol. The van der Waals surface area contributed by atoms with Crippen molar-refractivity contribution in [2.24, 2.45) is 5.73 Å². The fraction of sp³-hybridized carbons (Fsp3) is 0.579. The Morgan fingerprint density at radius 1 is 1.25 bits per heavy atom. The Balaban J connectivity index is 1.91. The number of amides is 2. The molecule has 0 aliphatic carbocycles. The summed E-state index contributed by atoms with van der Waals surface area (Å²) in [6.45, 7) is 6.81. The van der Waals surface area contributed by atoms with E-state index in [0.717, 1.165) is 24.8 Å². The molecular formula is C19H29N3O2. The van der Waals surface area contributed by atoms with E-state index in [1.807, 2.05) is 42.2 Å². The van der Waals surface area contributed by atoms with Crippen molar-refractivity contribution in [2.45, 2.75) is 57.5 Å². The van der Waals surface area contributed by atoms with Crippen LogP contribution in [0.1, 0.15) is 51.5 Å². The molecule has 2 amide bonds. The summed E-state index contributed by atoms with van der Waals surface area (Å²) in [5, 5.41) is 2.99. The predicted molar refractivity (Wildman–Crippen MR) is 95.5 cm³/mol. The number of nitrogens with one attached hydrogen (secondary N) is 1. The highest BCUT2D eigenvalue weighted by Crippen LogP contribution is 2.24. The van der Waals surface area contributed by atoms with Gasteiger partial charge >= 0.3 is 0 Å². The molecule has 0 spiro atoms. The van der Waals surface area contributed by atoms with Crippen LogP contribution >= 0.6 is 0 Å². The van der Waals surface area contributed by atoms with Crippen LogP contribution in [0.15, 0.2) is 30.3 Å². The number of nitrogens with two attached hydrogens (primary N) is 1. The molecule has 1 aromatic carbocycles. The summed E-state index contributed by atoms with van der Waals surface area (Å²) >= 11 is 0. The minimum absolute atomic E-state index is 0.0830. The number of hydrogen-bond acceptors (Lipinski definition) is 3. The quantitative estimate of drug-likeness (QED) is 0.867. The largest absolute Gasteiger partial charge is 0.352 e. The van der Waals surface area contributed by atoms with Crippen molar-refractivity contribution in [1.82, 2.24) is 10.2 Å². The van der Waals surface area contributed by atoms with Crippen LogP contribution in [-0.4, -0.2) is 41.4 Å². The molecular weight excluding hydrogens is 302 g/mol. The Bertz CT molecular complexity index is 558. The summed E-state index contributed by atoms with van der Waals surface area (Å²) in [6, 6.07) is 10.0. The van der Waals surface area contributed by atoms with Crippen molar-refractivity contribution in [3.8, 4) is 0 Å². The maximum Gasteiger partial charge on any atom is 0.239 e. The molecule has 3 N–H and O–H groups in total. The molecule has 1 unspecified atom stereocenters. The first-order chi connectivity index (χ1) is 11.3. The summed E-state index contributed by atoms with van der Waals surface area (Å²) in [5.74, 6) is -0.0315. The maximum atomic E-state index is 12.8. The third kappa shape index (κ3) is 4.57. The van der Waals surface area contributed by atoms with Gasteiger partial charge in [0.1, 0.15) is 0 Å². The number of rotatable bonds is 5. The van der Waals surface area contributed by atoms with Gasteiger partial charge in [-0.15, -0.1) is 0 Å². The number of benzene rings is 1. The van der Waals surface area contributed by atoms with Gasteiger partial charge in [-0.25, -0.2) is 0 Å². The molecule has 1 atom stereocenters. The van der Waals surface area contributed by atoms with Crippen LogP contribution in [-0.2, 0) is 9.59 Å². The fourth-order valence-electron chi connectivity index (χ4n) is 3.07. The number of carbonyl (C=O) groups excluding carboxylic acids is 2. The summed E-state index contributed by atoms with van der Waals surface area (Å²) < 4.78 is 0. The third-order valence-electron chi connectivity index (χ3n) is 4.64. The van der Waals surface area contributed by atoms with Crippen LogP contribution in [0.25, 0.3) is 0 Å². The molecule has 0 saturated carbocycles. The highest BCUT2D eigenvalue weighted by Gasteiger charge is 2.30. The van der Waals surface area contributed by atoms with E-state index in [9.17, 15) is 9.59 Å². The van der Waals surface area contributed by atoms with Crippen LogP contribution in [0, 0.1) is 0 Å². The van der Waals surface area contributed by atoms with Crippen LogP contribution < -0.4 is 11.1 Å². The third-order valence-corrected chi connectivity index (χ3v) is 4.64. The van der Waals surface area contributed by atoms with Crippen molar-refractivity contribution >= 4 is 11.8 Å². The van der Waals surface area contributed by atoms with Gasteiger partial charge in [0.2, 0.25) is 11.8 Å². The molecule has 24 heavy (non-hydrogen) atoms. The number of nitrogens with zero attached hydrogens (tertiary/aromatic N) is 1. The van der Waals surface area contributed by atoms with Gasteiger partial charge in [0.15, 0.2) is 0 Å². The lowest BCUT2D eigenvalue weighted by molar-refractivity contribution is -0.134. The average Bonchev–Trinajstić information content (AvgIpc) is 2.56. The fourth-order valence-corrected chi connectivity index (χ4v) is 3.07. The molecule has 2 rings (SSSR count). The van der Waals surface area contributed by atoms with Gasteiger partial charge in [0, 0.05) is 19.1 Å². The zero-order valence-electron chi connectivity index (χ0n) is 14.9. The van der Waals surface area contributed by atoms with Gasteiger partial charge in [-0.1, -0.05) is 37.3 Å². The van der Waals surface area contributed by atoms with Crippen LogP contribution in [0.3, 0.4) is 0 Å². The Hall–Kier alpha value is -1.88. The highest BCUT2D eigenvalue weighted by molar-refractivity contribution is 5.85. The number of carbonyl (C=O) groups is 2. The van der Waals surface area contributed by atoms with E-state index < -0.39 is 5.54 Å². The monoisotopic (exact) mass is 331 g/mol. The molecule has 0 bridgehead atoms. The predicted octanol–water partition coefficient (Wildman–Crippen LogP) is 2.02. The Morgan fingerprint density at radius 3 is 2.33 bits per heavy atom. The zero-order valence-corrected chi connectivity index (χ0v) is 14.9. The van der Waals surface area contributed by atoms with Crippen molar-refractivity contribution in [1.29, 1.82) is 0 Å². The number of hydrogen-bond donors (Lipinski definition) is 2. The maximum absolute atomic E-state index is 12.8. The van der Waals surface area contributed by atoms with Gasteiger partial charge < -0.3 is 16.0 Å². The number of likely N-dealkylation sites (tertiary alicyclic amines) is 1. The Kier molecular flexibility index (Phi) is 5.99. The van der Waals surface area contributed by atoms with E-state index in [-0.39, 0.29) is 23.8 Å². The molecule has 1 saturated heterocycles. The van der Waals surface area contributed by atoms with E-state index >= 15 is 0 Å². The van der Waals surface area contributed by atoms with E-state index in [4.69, 9.17) is 5.73 Å². The lowest BCUT2D eigenvalue weighted by atomic mass is 9.93. The van der Waals surface area contributed by atoms with Gasteiger partial charge in [-0.2, -0.15) is 0 Å². The zero-order chi connectivity index (χ0) is 17.7. The van der Waals surface area contributed by atoms with E-state index in [0.29, 0.717) is 13.1 Å². The van der Waals surface area contributed by atoms with E-state index in [1.54, 1.807) is 13.8 Å². The van der Waals surface area contributed by atoms with Crippen LogP contribution in [0.5, 0.6) is 0 Å². The Labute approximate surface area is 144 Å². The van der Waals surface area contributed by atoms with Crippen molar-refractivity contribution in [2.75, 3.05) is 13.1 Å². The summed E-state index contributed by atoms with van der Waals surface area (Å²) in [7, 11) is 0. The normalized spacial score (nSPS) is 17.4. The van der Waals surface area contributed by atoms with Gasteiger partial charge in [0.05, 0.1) is 11.5 Å². The molecule has 132 valence electrons. The van der Waals surface area contributed by atoms with Gasteiger partial charge in [-0.3, -0.25) is 9.59 Å². The van der Waals surface area contributed by atoms with Crippen LogP contribution in [0.4, 0.5) is 0 Å². The SMILES string of the molecule is CCC(C(=O)N1CCC(NC(=O)C(C)(C)N)CC1)c1ccccc1. The first-order valence-electron chi connectivity index (χ1n) is 8.76. The summed E-state index contributed by atoms with van der Waals surface area (Å²) in [5.41, 5.74) is 6.02. The summed E-state index contributed by atoms with van der Waals surface area (Å²) in [6.07, 6.45) is 2.35. The second-order valence-electron chi connectivity index (χ2n) is 7.17. The first-order valence-corrected chi connectivity index (χ1v) is 8.76. The van der Waals surface area contributed by atoms with Gasteiger partial charge in [-0.05, 0) is 38.7 Å². The molecule has 0 radical (unpaired) electrons. The molecule has 5 nitrogen and oxygen atoms in total. The minimum atomic E-state index is -0.867. The van der Waals surface area contributed by atoms with Crippen molar-refractivity contribution in [3.05, 3.63) is 35.9 Å². The second-order valence-corrected chi connectivity index (χ2v) is 7.17. The molecule has 0 aromatic heterocycles. The standard InChI is InChI=1S/C19H29N3O2/c1-4-16(14-8-6-5-7-9-14)17(23)22-12-10-15(11-13-22)21-18(24)19(2,3)20/h5-9,15-16H,4,10-13,20H2,1-3H3,(H,21,24). The lowest BCUT2D eigenvalue weighted by Gasteiger charge is -2.35. The highest BCUT2D eigenvalue weighted by atomic mass is 16.2. The second kappa shape index (κ2) is 7.79. The lowest BCUT2D eigenvalue weighted by Crippen LogP contribution is -2.55. The van der Waals surface area contributed by atoms with Crippen LogP contribution in [0.2, 0.25) is 0 Å². The Morgan fingerprint density at radius 2 is 1.83 bits per heavy atom. The molecule has 1 aromatic rings. The molecule has 1 aliphatic rings. The number of piperidine rings is 1. The smallest absolute Gasteiger partial charge is 0.239 e. The minimum Gasteiger partial charge on any atom is -0.352 e. The molecule has 1 aliphatic heterocycles. The summed E-state index contributed by atoms with van der Waals surface area (Å²) in [4.78, 5) is 26.7. The van der Waals surface area contributed by atoms with E-state index in [1.165, 1.54) is 0 Å². The van der Waals surface area contributed by atoms with E-state index in [2.05, 4.69) is 5.32 Å². The van der Waals surface area contributed by atoms with Crippen molar-refractivity contribution < 1.29 is 9.59 Å².